The molecule has 0 radical (unpaired) electrons. The molecule has 1 aliphatic rings. The van der Waals surface area contributed by atoms with E-state index in [1.165, 1.54) is 24.3 Å². The van der Waals surface area contributed by atoms with E-state index in [1.54, 1.807) is 29.2 Å². The minimum atomic E-state index is -0.539. The Morgan fingerprint density at radius 2 is 1.67 bits per heavy atom. The predicted molar refractivity (Wildman–Crippen MR) is 117 cm³/mol. The van der Waals surface area contributed by atoms with Gasteiger partial charge in [-0.2, -0.15) is 0 Å². The van der Waals surface area contributed by atoms with Crippen LogP contribution < -0.4 is 10.6 Å². The highest BCUT2D eigenvalue weighted by Crippen LogP contribution is 2.18. The summed E-state index contributed by atoms with van der Waals surface area (Å²) in [6.07, 6.45) is 0. The van der Waals surface area contributed by atoms with Crippen LogP contribution in [0.25, 0.3) is 0 Å². The van der Waals surface area contributed by atoms with E-state index >= 15 is 0 Å². The molecule has 0 aromatic heterocycles. The zero-order chi connectivity index (χ0) is 21.7. The van der Waals surface area contributed by atoms with E-state index in [4.69, 9.17) is 12.2 Å². The number of nitro groups is 1. The highest BCUT2D eigenvalue weighted by Gasteiger charge is 2.22. The number of rotatable bonds is 4. The molecular formula is C20H21N5O4S. The fourth-order valence-electron chi connectivity index (χ4n) is 3.02. The first-order chi connectivity index (χ1) is 14.3. The van der Waals surface area contributed by atoms with Crippen LogP contribution in [0.3, 0.4) is 0 Å². The highest BCUT2D eigenvalue weighted by molar-refractivity contribution is 7.80. The molecule has 2 aromatic carbocycles. The molecule has 30 heavy (non-hydrogen) atoms. The molecule has 2 amide bonds. The van der Waals surface area contributed by atoms with Crippen LogP contribution in [-0.4, -0.2) is 64.9 Å². The molecule has 2 N–H and O–H groups in total. The maximum absolute atomic E-state index is 12.9. The lowest BCUT2D eigenvalue weighted by atomic mass is 10.1. The molecule has 0 spiro atoms. The normalized spacial score (nSPS) is 14.1. The number of nitrogens with one attached hydrogen (secondary N) is 2. The summed E-state index contributed by atoms with van der Waals surface area (Å²) < 4.78 is 0. The Labute approximate surface area is 178 Å². The summed E-state index contributed by atoms with van der Waals surface area (Å²) in [5, 5.41) is 16.2. The van der Waals surface area contributed by atoms with Crippen LogP contribution in [0.4, 0.5) is 11.4 Å². The molecule has 0 bridgehead atoms. The summed E-state index contributed by atoms with van der Waals surface area (Å²) in [6, 6.07) is 12.2. The predicted octanol–water partition coefficient (Wildman–Crippen LogP) is 2.11. The van der Waals surface area contributed by atoms with Crippen molar-refractivity contribution in [3.05, 3.63) is 69.8 Å². The second-order valence-electron chi connectivity index (χ2n) is 6.85. The number of carbonyl (C=O) groups excluding carboxylic acids is 2. The number of piperazine rings is 1. The SMILES string of the molecule is CN1CCN(C(=O)c2ccccc2NC(=S)NC(=O)c2ccc([N+](=O)[O-])cc2)CC1. The van der Waals surface area contributed by atoms with Gasteiger partial charge in [-0.25, -0.2) is 0 Å². The third kappa shape index (κ3) is 5.16. The second kappa shape index (κ2) is 9.42. The Balaban J connectivity index is 1.66. The first-order valence-electron chi connectivity index (χ1n) is 9.29. The lowest BCUT2D eigenvalue weighted by Gasteiger charge is -2.32. The van der Waals surface area contributed by atoms with Gasteiger partial charge in [0.15, 0.2) is 5.11 Å². The quantitative estimate of drug-likeness (QED) is 0.437. The standard InChI is InChI=1S/C20H21N5O4S/c1-23-10-12-24(13-11-23)19(27)16-4-2-3-5-17(16)21-20(30)22-18(26)14-6-8-15(9-7-14)25(28)29/h2-9H,10-13H2,1H3,(H2,21,22,26,30). The molecule has 1 heterocycles. The second-order valence-corrected chi connectivity index (χ2v) is 7.26. The van der Waals surface area contributed by atoms with Crippen molar-refractivity contribution in [1.82, 2.24) is 15.1 Å². The van der Waals surface area contributed by atoms with Crippen molar-refractivity contribution in [2.75, 3.05) is 38.5 Å². The van der Waals surface area contributed by atoms with Crippen molar-refractivity contribution >= 4 is 40.5 Å². The Morgan fingerprint density at radius 3 is 2.30 bits per heavy atom. The number of para-hydroxylation sites is 1. The highest BCUT2D eigenvalue weighted by atomic mass is 32.1. The molecule has 2 aromatic rings. The van der Waals surface area contributed by atoms with Gasteiger partial charge in [-0.3, -0.25) is 25.0 Å². The molecule has 0 unspecified atom stereocenters. The van der Waals surface area contributed by atoms with Crippen molar-refractivity contribution in [2.45, 2.75) is 0 Å². The fraction of sp³-hybridized carbons (Fsp3) is 0.250. The smallest absolute Gasteiger partial charge is 0.269 e. The van der Waals surface area contributed by atoms with Gasteiger partial charge in [-0.05, 0) is 43.5 Å². The molecule has 0 atom stereocenters. The minimum absolute atomic E-state index is 0.0250. The number of thiocarbonyl (C=S) groups is 1. The molecular weight excluding hydrogens is 406 g/mol. The fourth-order valence-corrected chi connectivity index (χ4v) is 3.22. The molecule has 10 heteroatoms. The average Bonchev–Trinajstić information content (AvgIpc) is 2.74. The number of benzene rings is 2. The number of anilines is 1. The average molecular weight is 427 g/mol. The third-order valence-corrected chi connectivity index (χ3v) is 4.97. The van der Waals surface area contributed by atoms with E-state index in [2.05, 4.69) is 15.5 Å². The molecule has 0 aliphatic carbocycles. The first kappa shape index (κ1) is 21.3. The van der Waals surface area contributed by atoms with Gasteiger partial charge in [0.1, 0.15) is 0 Å². The Kier molecular flexibility index (Phi) is 6.70. The van der Waals surface area contributed by atoms with Crippen molar-refractivity contribution in [3.8, 4) is 0 Å². The summed E-state index contributed by atoms with van der Waals surface area (Å²) in [6.45, 7) is 2.91. The lowest BCUT2D eigenvalue weighted by molar-refractivity contribution is -0.384. The van der Waals surface area contributed by atoms with E-state index in [1.807, 2.05) is 7.05 Å². The number of carbonyl (C=O) groups is 2. The maximum atomic E-state index is 12.9. The maximum Gasteiger partial charge on any atom is 0.269 e. The number of nitro benzene ring substituents is 1. The third-order valence-electron chi connectivity index (χ3n) is 4.76. The number of likely N-dealkylation sites (N-methyl/N-ethyl adjacent to an activating group) is 1. The van der Waals surface area contributed by atoms with E-state index in [0.717, 1.165) is 13.1 Å². The Hall–Kier alpha value is -3.37. The minimum Gasteiger partial charge on any atom is -0.336 e. The monoisotopic (exact) mass is 427 g/mol. The van der Waals surface area contributed by atoms with Gasteiger partial charge in [0, 0.05) is 43.9 Å². The summed E-state index contributed by atoms with van der Waals surface area (Å²) in [5.74, 6) is -0.610. The van der Waals surface area contributed by atoms with Crippen molar-refractivity contribution in [3.63, 3.8) is 0 Å². The topological polar surface area (TPSA) is 108 Å². The number of nitrogens with zero attached hydrogens (tertiary/aromatic N) is 3. The van der Waals surface area contributed by atoms with Gasteiger partial charge in [0.05, 0.1) is 16.2 Å². The van der Waals surface area contributed by atoms with E-state index in [0.29, 0.717) is 24.3 Å². The molecule has 1 fully saturated rings. The van der Waals surface area contributed by atoms with Crippen LogP contribution in [0.15, 0.2) is 48.5 Å². The zero-order valence-electron chi connectivity index (χ0n) is 16.3. The zero-order valence-corrected chi connectivity index (χ0v) is 17.1. The molecule has 9 nitrogen and oxygen atoms in total. The Bertz CT molecular complexity index is 971. The lowest BCUT2D eigenvalue weighted by Crippen LogP contribution is -2.47. The van der Waals surface area contributed by atoms with Crippen LogP contribution >= 0.6 is 12.2 Å². The summed E-state index contributed by atoms with van der Waals surface area (Å²) in [5.41, 5.74) is 1.08. The number of amides is 2. The number of hydrogen-bond donors (Lipinski definition) is 2. The molecule has 0 saturated carbocycles. The van der Waals surface area contributed by atoms with Gasteiger partial charge < -0.3 is 15.1 Å². The van der Waals surface area contributed by atoms with Gasteiger partial charge in [-0.15, -0.1) is 0 Å². The van der Waals surface area contributed by atoms with Crippen molar-refractivity contribution < 1.29 is 14.5 Å². The van der Waals surface area contributed by atoms with Crippen molar-refractivity contribution in [1.29, 1.82) is 0 Å². The van der Waals surface area contributed by atoms with Gasteiger partial charge in [0.25, 0.3) is 17.5 Å². The largest absolute Gasteiger partial charge is 0.336 e. The van der Waals surface area contributed by atoms with Gasteiger partial charge >= 0.3 is 0 Å². The van der Waals surface area contributed by atoms with Crippen LogP contribution in [-0.2, 0) is 0 Å². The van der Waals surface area contributed by atoms with Crippen LogP contribution in [0, 0.1) is 10.1 Å². The van der Waals surface area contributed by atoms with Gasteiger partial charge in [-0.1, -0.05) is 12.1 Å². The van der Waals surface area contributed by atoms with E-state index in [-0.39, 0.29) is 22.3 Å². The summed E-state index contributed by atoms with van der Waals surface area (Å²) in [4.78, 5) is 39.4. The van der Waals surface area contributed by atoms with Crippen LogP contribution in [0.5, 0.6) is 0 Å². The molecule has 1 aliphatic heterocycles. The number of hydrogen-bond acceptors (Lipinski definition) is 6. The van der Waals surface area contributed by atoms with E-state index < -0.39 is 10.8 Å². The summed E-state index contributed by atoms with van der Waals surface area (Å²) in [7, 11) is 2.02. The van der Waals surface area contributed by atoms with Crippen molar-refractivity contribution in [2.24, 2.45) is 0 Å². The van der Waals surface area contributed by atoms with E-state index in [9.17, 15) is 19.7 Å². The van der Waals surface area contributed by atoms with Crippen LogP contribution in [0.2, 0.25) is 0 Å². The Morgan fingerprint density at radius 1 is 1.03 bits per heavy atom. The number of non-ortho nitro benzene ring substituents is 1. The van der Waals surface area contributed by atoms with Crippen LogP contribution in [0.1, 0.15) is 20.7 Å². The molecule has 156 valence electrons. The molecule has 1 saturated heterocycles. The molecule has 3 rings (SSSR count). The summed E-state index contributed by atoms with van der Waals surface area (Å²) >= 11 is 5.21. The first-order valence-corrected chi connectivity index (χ1v) is 9.69. The van der Waals surface area contributed by atoms with Gasteiger partial charge in [0.2, 0.25) is 0 Å².